The fraction of sp³-hybridized carbons (Fsp3) is 0.623. The van der Waals surface area contributed by atoms with Crippen LogP contribution >= 0.6 is 0 Å². The lowest BCUT2D eigenvalue weighted by molar-refractivity contribution is -0.167. The molecule has 0 aromatic carbocycles. The van der Waals surface area contributed by atoms with Gasteiger partial charge in [-0.3, -0.25) is 14.4 Å². The van der Waals surface area contributed by atoms with Crippen molar-refractivity contribution in [2.75, 3.05) is 13.2 Å². The predicted octanol–water partition coefficient (Wildman–Crippen LogP) is 23.7. The molecule has 0 spiro atoms. The summed E-state index contributed by atoms with van der Waals surface area (Å²) < 4.78 is 16.9. The van der Waals surface area contributed by atoms with Crippen LogP contribution in [0.4, 0.5) is 0 Å². The minimum Gasteiger partial charge on any atom is -0.462 e. The summed E-state index contributed by atoms with van der Waals surface area (Å²) in [5.41, 5.74) is 0. The van der Waals surface area contributed by atoms with Gasteiger partial charge in [-0.15, -0.1) is 0 Å². The Labute approximate surface area is 511 Å². The summed E-state index contributed by atoms with van der Waals surface area (Å²) in [6, 6.07) is 0. The SMILES string of the molecule is CC/C=C\C/C=C\C/C=C\C/C=C\C/C=C\C/C=C\C/C=C\CCCCCC(=O)OC(COC(=O)CCCCCCCCCCC)COC(=O)CCCCCCCCCCCCCC/C=C\C/C=C\C/C=C\C/C=C\C/C=C\C/C=C\CC. The first-order valence-corrected chi connectivity index (χ1v) is 34.0. The third-order valence-corrected chi connectivity index (χ3v) is 14.0. The fourth-order valence-electron chi connectivity index (χ4n) is 9.01. The molecule has 0 saturated heterocycles. The number of unbranched alkanes of at least 4 members (excludes halogenated alkanes) is 23. The van der Waals surface area contributed by atoms with Crippen molar-refractivity contribution in [2.24, 2.45) is 0 Å². The van der Waals surface area contributed by atoms with Crippen LogP contribution < -0.4 is 0 Å². The first kappa shape index (κ1) is 78.0. The molecule has 6 heteroatoms. The van der Waals surface area contributed by atoms with Crippen LogP contribution in [-0.4, -0.2) is 37.2 Å². The molecule has 468 valence electrons. The molecule has 0 radical (unpaired) electrons. The van der Waals surface area contributed by atoms with E-state index in [-0.39, 0.29) is 37.5 Å². The number of ether oxygens (including phenoxy) is 3. The molecule has 83 heavy (non-hydrogen) atoms. The molecular formula is C77H124O6. The minimum absolute atomic E-state index is 0.0953. The summed E-state index contributed by atoms with van der Waals surface area (Å²) in [5.74, 6) is -0.933. The normalized spacial score (nSPS) is 13.1. The zero-order chi connectivity index (χ0) is 59.9. The van der Waals surface area contributed by atoms with Gasteiger partial charge in [-0.05, 0) is 128 Å². The minimum atomic E-state index is -0.802. The average Bonchev–Trinajstić information content (AvgIpc) is 3.49. The van der Waals surface area contributed by atoms with Gasteiger partial charge < -0.3 is 14.2 Å². The lowest BCUT2D eigenvalue weighted by Crippen LogP contribution is -2.30. The van der Waals surface area contributed by atoms with Crippen LogP contribution in [0, 0.1) is 0 Å². The summed E-state index contributed by atoms with van der Waals surface area (Å²) in [7, 11) is 0. The maximum absolute atomic E-state index is 12.9. The summed E-state index contributed by atoms with van der Waals surface area (Å²) in [4.78, 5) is 38.3. The van der Waals surface area contributed by atoms with Crippen molar-refractivity contribution in [3.63, 3.8) is 0 Å². The highest BCUT2D eigenvalue weighted by Gasteiger charge is 2.19. The van der Waals surface area contributed by atoms with Crippen molar-refractivity contribution in [3.05, 3.63) is 158 Å². The Kier molecular flexibility index (Phi) is 65.4. The van der Waals surface area contributed by atoms with Gasteiger partial charge in [-0.1, -0.05) is 301 Å². The fourth-order valence-corrected chi connectivity index (χ4v) is 9.01. The van der Waals surface area contributed by atoms with E-state index in [4.69, 9.17) is 14.2 Å². The van der Waals surface area contributed by atoms with Crippen LogP contribution in [0.1, 0.15) is 290 Å². The van der Waals surface area contributed by atoms with Gasteiger partial charge in [0.05, 0.1) is 0 Å². The zero-order valence-electron chi connectivity index (χ0n) is 53.7. The molecule has 0 rings (SSSR count). The molecule has 6 nitrogen and oxygen atoms in total. The third kappa shape index (κ3) is 67.7. The number of hydrogen-bond acceptors (Lipinski definition) is 6. The Morgan fingerprint density at radius 2 is 0.470 bits per heavy atom. The van der Waals surface area contributed by atoms with Crippen molar-refractivity contribution >= 4 is 17.9 Å². The second-order valence-corrected chi connectivity index (χ2v) is 22.0. The third-order valence-electron chi connectivity index (χ3n) is 14.0. The summed E-state index contributed by atoms with van der Waals surface area (Å²) in [5, 5.41) is 0. The Hall–Kier alpha value is -4.97. The van der Waals surface area contributed by atoms with Crippen molar-refractivity contribution in [2.45, 2.75) is 297 Å². The van der Waals surface area contributed by atoms with E-state index in [2.05, 4.69) is 179 Å². The van der Waals surface area contributed by atoms with Crippen LogP contribution in [0.2, 0.25) is 0 Å². The molecule has 1 atom stereocenters. The molecule has 0 aliphatic rings. The van der Waals surface area contributed by atoms with Crippen LogP contribution in [0.5, 0.6) is 0 Å². The number of hydrogen-bond donors (Lipinski definition) is 0. The van der Waals surface area contributed by atoms with Crippen LogP contribution in [0.3, 0.4) is 0 Å². The molecule has 0 heterocycles. The van der Waals surface area contributed by atoms with E-state index in [1.807, 2.05) is 0 Å². The topological polar surface area (TPSA) is 78.9 Å². The van der Waals surface area contributed by atoms with Crippen LogP contribution in [0.15, 0.2) is 158 Å². The van der Waals surface area contributed by atoms with E-state index in [0.717, 1.165) is 148 Å². The maximum atomic E-state index is 12.9. The molecular weight excluding hydrogens is 1020 g/mol. The van der Waals surface area contributed by atoms with E-state index in [1.165, 1.54) is 103 Å². The maximum Gasteiger partial charge on any atom is 0.306 e. The number of carbonyl (C=O) groups is 3. The summed E-state index contributed by atoms with van der Waals surface area (Å²) >= 11 is 0. The van der Waals surface area contributed by atoms with Crippen molar-refractivity contribution < 1.29 is 28.6 Å². The molecule has 0 aromatic heterocycles. The van der Waals surface area contributed by atoms with Crippen molar-refractivity contribution in [1.29, 1.82) is 0 Å². The Balaban J connectivity index is 4.27. The summed E-state index contributed by atoms with van der Waals surface area (Å²) in [6.07, 6.45) is 101. The molecule has 0 aromatic rings. The van der Waals surface area contributed by atoms with Gasteiger partial charge >= 0.3 is 17.9 Å². The lowest BCUT2D eigenvalue weighted by Gasteiger charge is -2.18. The van der Waals surface area contributed by atoms with Crippen molar-refractivity contribution in [1.82, 2.24) is 0 Å². The second kappa shape index (κ2) is 69.5. The Bertz CT molecular complexity index is 1840. The number of carbonyl (C=O) groups excluding carboxylic acids is 3. The molecule has 0 fully saturated rings. The van der Waals surface area contributed by atoms with Crippen LogP contribution in [0.25, 0.3) is 0 Å². The van der Waals surface area contributed by atoms with Gasteiger partial charge in [0.15, 0.2) is 6.10 Å². The van der Waals surface area contributed by atoms with Crippen molar-refractivity contribution in [3.8, 4) is 0 Å². The zero-order valence-corrected chi connectivity index (χ0v) is 53.7. The van der Waals surface area contributed by atoms with Gasteiger partial charge in [-0.25, -0.2) is 0 Å². The predicted molar refractivity (Wildman–Crippen MR) is 362 cm³/mol. The number of esters is 3. The van der Waals surface area contributed by atoms with Gasteiger partial charge in [0.2, 0.25) is 0 Å². The largest absolute Gasteiger partial charge is 0.462 e. The van der Waals surface area contributed by atoms with Gasteiger partial charge in [0, 0.05) is 19.3 Å². The van der Waals surface area contributed by atoms with E-state index in [9.17, 15) is 14.4 Å². The van der Waals surface area contributed by atoms with Crippen LogP contribution in [-0.2, 0) is 28.6 Å². The highest BCUT2D eigenvalue weighted by Crippen LogP contribution is 2.16. The van der Waals surface area contributed by atoms with E-state index in [1.54, 1.807) is 0 Å². The average molecular weight is 1150 g/mol. The Morgan fingerprint density at radius 1 is 0.253 bits per heavy atom. The molecule has 0 bridgehead atoms. The van der Waals surface area contributed by atoms with E-state index >= 15 is 0 Å². The first-order valence-electron chi connectivity index (χ1n) is 34.0. The quantitative estimate of drug-likeness (QED) is 0.0261. The van der Waals surface area contributed by atoms with Gasteiger partial charge in [-0.2, -0.15) is 0 Å². The number of rotatable bonds is 60. The second-order valence-electron chi connectivity index (χ2n) is 22.0. The van der Waals surface area contributed by atoms with Gasteiger partial charge in [0.1, 0.15) is 13.2 Å². The smallest absolute Gasteiger partial charge is 0.306 e. The standard InChI is InChI=1S/C77H124O6/c1-4-7-10-13-16-19-21-23-25-27-29-31-33-35-36-37-38-39-40-42-43-45-47-49-51-53-55-58-61-64-67-70-76(79)82-73-74(72-81-75(78)69-66-63-60-57-18-15-12-9-6-3)83-77(80)71-68-65-62-59-56-54-52-50-48-46-44-41-34-32-30-28-26-24-22-20-17-14-11-8-5-2/h7-8,10-11,16-17,19-20,23-26,29-32,35-36,38-39,41,44,48,50,54,56,74H,4-6,9,12-15,18,21-22,27-28,33-34,37,40,42-43,45-47,49,51-53,55,57-73H2,1-3H3/b10-7-,11-8-,19-16-,20-17-,25-23-,26-24-,31-29-,32-30-,36-35-,39-38-,44-41-,50-48-,56-54-. The Morgan fingerprint density at radius 3 is 0.747 bits per heavy atom. The van der Waals surface area contributed by atoms with Gasteiger partial charge in [0.25, 0.3) is 0 Å². The molecule has 1 unspecified atom stereocenters. The molecule has 0 aliphatic carbocycles. The van der Waals surface area contributed by atoms with E-state index < -0.39 is 6.10 Å². The first-order chi connectivity index (χ1) is 41.0. The molecule has 0 amide bonds. The highest BCUT2D eigenvalue weighted by atomic mass is 16.6. The van der Waals surface area contributed by atoms with E-state index in [0.29, 0.717) is 12.8 Å². The molecule has 0 aliphatic heterocycles. The monoisotopic (exact) mass is 1140 g/mol. The molecule has 0 N–H and O–H groups in total. The molecule has 0 saturated carbocycles. The lowest BCUT2D eigenvalue weighted by atomic mass is 10.0. The highest BCUT2D eigenvalue weighted by molar-refractivity contribution is 5.71. The number of allylic oxidation sites excluding steroid dienone is 26. The summed E-state index contributed by atoms with van der Waals surface area (Å²) in [6.45, 7) is 6.37.